The van der Waals surface area contributed by atoms with Gasteiger partial charge in [0.1, 0.15) is 0 Å². The number of ether oxygens (including phenoxy) is 2. The van der Waals surface area contributed by atoms with Crippen LogP contribution in [0, 0.1) is 0 Å². The fourth-order valence-electron chi connectivity index (χ4n) is 1.91. The fraction of sp³-hybridized carbons (Fsp3) is 0.538. The lowest BCUT2D eigenvalue weighted by atomic mass is 10.1. The van der Waals surface area contributed by atoms with Crippen molar-refractivity contribution in [2.75, 3.05) is 6.61 Å². The third-order valence-corrected chi connectivity index (χ3v) is 2.71. The van der Waals surface area contributed by atoms with Crippen LogP contribution in [0.1, 0.15) is 38.0 Å². The predicted molar refractivity (Wildman–Crippen MR) is 59.5 cm³/mol. The van der Waals surface area contributed by atoms with Crippen molar-refractivity contribution >= 4 is 0 Å². The maximum absolute atomic E-state index is 5.89. The molecule has 2 atom stereocenters. The number of hydrogen-bond donors (Lipinski definition) is 0. The molecule has 0 radical (unpaired) electrons. The highest BCUT2D eigenvalue weighted by Gasteiger charge is 2.23. The Hall–Kier alpha value is -0.860. The first kappa shape index (κ1) is 10.7. The van der Waals surface area contributed by atoms with Gasteiger partial charge in [-0.1, -0.05) is 43.7 Å². The van der Waals surface area contributed by atoms with E-state index in [0.717, 1.165) is 25.0 Å². The van der Waals surface area contributed by atoms with Gasteiger partial charge in [0.05, 0.1) is 12.7 Å². The standard InChI is InChI=1S/C13H18O2/c1-2-6-12-9-10-14-13(15-12)11-7-4-3-5-8-11/h3-5,7-8,12-13H,2,6,9-10H2,1H3/t12-,13+/m1/s1. The van der Waals surface area contributed by atoms with Crippen LogP contribution in [0.3, 0.4) is 0 Å². The van der Waals surface area contributed by atoms with Gasteiger partial charge in [0.15, 0.2) is 6.29 Å². The molecule has 1 aliphatic heterocycles. The molecule has 2 nitrogen and oxygen atoms in total. The predicted octanol–water partition coefficient (Wildman–Crippen LogP) is 3.29. The van der Waals surface area contributed by atoms with Gasteiger partial charge in [-0.25, -0.2) is 0 Å². The average molecular weight is 206 g/mol. The summed E-state index contributed by atoms with van der Waals surface area (Å²) in [5, 5.41) is 0. The zero-order valence-corrected chi connectivity index (χ0v) is 9.19. The normalized spacial score (nSPS) is 26.5. The van der Waals surface area contributed by atoms with Crippen molar-refractivity contribution in [3.05, 3.63) is 35.9 Å². The third kappa shape index (κ3) is 2.80. The SMILES string of the molecule is CCC[C@@H]1CCO[C@H](c2ccccc2)O1. The van der Waals surface area contributed by atoms with Crippen molar-refractivity contribution in [3.8, 4) is 0 Å². The second kappa shape index (κ2) is 5.29. The van der Waals surface area contributed by atoms with E-state index in [4.69, 9.17) is 9.47 Å². The van der Waals surface area contributed by atoms with Gasteiger partial charge in [-0.05, 0) is 12.8 Å². The third-order valence-electron chi connectivity index (χ3n) is 2.71. The molecule has 0 spiro atoms. The van der Waals surface area contributed by atoms with Gasteiger partial charge in [0, 0.05) is 5.56 Å². The Kier molecular flexibility index (Phi) is 3.75. The van der Waals surface area contributed by atoms with E-state index in [9.17, 15) is 0 Å². The van der Waals surface area contributed by atoms with E-state index in [-0.39, 0.29) is 6.29 Å². The van der Waals surface area contributed by atoms with Crippen molar-refractivity contribution in [1.82, 2.24) is 0 Å². The monoisotopic (exact) mass is 206 g/mol. The summed E-state index contributed by atoms with van der Waals surface area (Å²) in [6, 6.07) is 10.2. The zero-order valence-electron chi connectivity index (χ0n) is 9.19. The van der Waals surface area contributed by atoms with E-state index in [0.29, 0.717) is 6.10 Å². The molecule has 1 aromatic carbocycles. The Morgan fingerprint density at radius 3 is 2.80 bits per heavy atom. The number of benzene rings is 1. The average Bonchev–Trinajstić information content (AvgIpc) is 2.31. The van der Waals surface area contributed by atoms with Crippen LogP contribution in [-0.2, 0) is 9.47 Å². The minimum atomic E-state index is -0.156. The van der Waals surface area contributed by atoms with Gasteiger partial charge in [0.2, 0.25) is 0 Å². The van der Waals surface area contributed by atoms with Crippen LogP contribution in [0.2, 0.25) is 0 Å². The molecular weight excluding hydrogens is 188 g/mol. The van der Waals surface area contributed by atoms with Crippen LogP contribution in [0.25, 0.3) is 0 Å². The Labute approximate surface area is 91.2 Å². The van der Waals surface area contributed by atoms with Gasteiger partial charge < -0.3 is 9.47 Å². The quantitative estimate of drug-likeness (QED) is 0.755. The minimum absolute atomic E-state index is 0.156. The van der Waals surface area contributed by atoms with Crippen LogP contribution >= 0.6 is 0 Å². The van der Waals surface area contributed by atoms with E-state index in [1.165, 1.54) is 6.42 Å². The van der Waals surface area contributed by atoms with Crippen LogP contribution in [0.5, 0.6) is 0 Å². The molecule has 1 aromatic rings. The summed E-state index contributed by atoms with van der Waals surface area (Å²) in [7, 11) is 0. The Morgan fingerprint density at radius 1 is 1.27 bits per heavy atom. The molecule has 1 fully saturated rings. The summed E-state index contributed by atoms with van der Waals surface area (Å²) in [5.41, 5.74) is 1.12. The van der Waals surface area contributed by atoms with E-state index >= 15 is 0 Å². The van der Waals surface area contributed by atoms with Crippen molar-refractivity contribution < 1.29 is 9.47 Å². The van der Waals surface area contributed by atoms with Gasteiger partial charge >= 0.3 is 0 Å². The van der Waals surface area contributed by atoms with Crippen LogP contribution < -0.4 is 0 Å². The maximum Gasteiger partial charge on any atom is 0.184 e. The van der Waals surface area contributed by atoms with Crippen LogP contribution in [-0.4, -0.2) is 12.7 Å². The van der Waals surface area contributed by atoms with Gasteiger partial charge in [-0.15, -0.1) is 0 Å². The molecule has 0 aliphatic carbocycles. The largest absolute Gasteiger partial charge is 0.348 e. The maximum atomic E-state index is 5.89. The molecule has 0 N–H and O–H groups in total. The molecular formula is C13H18O2. The summed E-state index contributed by atoms with van der Waals surface area (Å²) in [6.07, 6.45) is 3.54. The second-order valence-electron chi connectivity index (χ2n) is 3.95. The van der Waals surface area contributed by atoms with E-state index in [1.54, 1.807) is 0 Å². The van der Waals surface area contributed by atoms with E-state index in [1.807, 2.05) is 18.2 Å². The first-order chi connectivity index (χ1) is 7.40. The highest BCUT2D eigenvalue weighted by molar-refractivity contribution is 5.16. The molecule has 15 heavy (non-hydrogen) atoms. The highest BCUT2D eigenvalue weighted by Crippen LogP contribution is 2.27. The summed E-state index contributed by atoms with van der Waals surface area (Å²) >= 11 is 0. The summed E-state index contributed by atoms with van der Waals surface area (Å²) < 4.78 is 11.5. The van der Waals surface area contributed by atoms with Crippen molar-refractivity contribution in [2.24, 2.45) is 0 Å². The second-order valence-corrected chi connectivity index (χ2v) is 3.95. The number of hydrogen-bond acceptors (Lipinski definition) is 2. The molecule has 2 rings (SSSR count). The highest BCUT2D eigenvalue weighted by atomic mass is 16.7. The van der Waals surface area contributed by atoms with Crippen molar-refractivity contribution in [1.29, 1.82) is 0 Å². The summed E-state index contributed by atoms with van der Waals surface area (Å²) in [4.78, 5) is 0. The molecule has 1 aliphatic rings. The van der Waals surface area contributed by atoms with Crippen molar-refractivity contribution in [2.45, 2.75) is 38.6 Å². The lowest BCUT2D eigenvalue weighted by Gasteiger charge is -2.30. The molecule has 0 amide bonds. The number of rotatable bonds is 3. The van der Waals surface area contributed by atoms with E-state index in [2.05, 4.69) is 19.1 Å². The molecule has 1 saturated heterocycles. The van der Waals surface area contributed by atoms with Crippen LogP contribution in [0.4, 0.5) is 0 Å². The molecule has 0 aromatic heterocycles. The Balaban J connectivity index is 1.98. The summed E-state index contributed by atoms with van der Waals surface area (Å²) in [5.74, 6) is 0. The molecule has 0 unspecified atom stereocenters. The van der Waals surface area contributed by atoms with Gasteiger partial charge in [0.25, 0.3) is 0 Å². The Morgan fingerprint density at radius 2 is 2.07 bits per heavy atom. The topological polar surface area (TPSA) is 18.5 Å². The Bertz CT molecular complexity index is 282. The lowest BCUT2D eigenvalue weighted by Crippen LogP contribution is -2.26. The molecule has 0 bridgehead atoms. The molecule has 2 heteroatoms. The lowest BCUT2D eigenvalue weighted by molar-refractivity contribution is -0.218. The minimum Gasteiger partial charge on any atom is -0.348 e. The van der Waals surface area contributed by atoms with Crippen LogP contribution in [0.15, 0.2) is 30.3 Å². The summed E-state index contributed by atoms with van der Waals surface area (Å²) in [6.45, 7) is 3.00. The first-order valence-electron chi connectivity index (χ1n) is 5.72. The molecule has 1 heterocycles. The zero-order chi connectivity index (χ0) is 10.5. The van der Waals surface area contributed by atoms with E-state index < -0.39 is 0 Å². The smallest absolute Gasteiger partial charge is 0.184 e. The first-order valence-corrected chi connectivity index (χ1v) is 5.72. The van der Waals surface area contributed by atoms with Crippen molar-refractivity contribution in [3.63, 3.8) is 0 Å². The fourth-order valence-corrected chi connectivity index (χ4v) is 1.91. The molecule has 0 saturated carbocycles. The van der Waals surface area contributed by atoms with Gasteiger partial charge in [-0.3, -0.25) is 0 Å². The van der Waals surface area contributed by atoms with Gasteiger partial charge in [-0.2, -0.15) is 0 Å². The molecule has 82 valence electrons.